The third-order valence-corrected chi connectivity index (χ3v) is 5.31. The lowest BCUT2D eigenvalue weighted by Gasteiger charge is -2.07. The van der Waals surface area contributed by atoms with Gasteiger partial charge in [0.05, 0.1) is 12.2 Å². The second kappa shape index (κ2) is 9.38. The Morgan fingerprint density at radius 3 is 2.18 bits per heavy atom. The molecule has 166 valence electrons. The topological polar surface area (TPSA) is 81.8 Å². The van der Waals surface area contributed by atoms with Crippen molar-refractivity contribution in [2.45, 2.75) is 6.54 Å². The van der Waals surface area contributed by atoms with E-state index in [1.54, 1.807) is 33.6 Å². The molecule has 7 nitrogen and oxygen atoms in total. The smallest absolute Gasteiger partial charge is 0.295 e. The normalized spacial score (nSPS) is 10.7. The number of hydrogen-bond donors (Lipinski definition) is 1. The van der Waals surface area contributed by atoms with Crippen molar-refractivity contribution in [3.8, 4) is 17.1 Å². The lowest BCUT2D eigenvalue weighted by atomic mass is 10.2. The van der Waals surface area contributed by atoms with Crippen molar-refractivity contribution in [2.75, 3.05) is 5.32 Å². The molecule has 0 aliphatic rings. The van der Waals surface area contributed by atoms with E-state index < -0.39 is 5.91 Å². The molecule has 0 saturated carbocycles. The number of anilines is 1. The van der Waals surface area contributed by atoms with E-state index in [1.807, 2.05) is 78.9 Å². The number of carbonyl (C=O) groups is 1. The fraction of sp³-hybridized carbons (Fsp3) is 0.0370. The number of benzene rings is 3. The molecule has 0 unspecified atom stereocenters. The highest BCUT2D eigenvalue weighted by atomic mass is 16.2. The Morgan fingerprint density at radius 1 is 0.794 bits per heavy atom. The van der Waals surface area contributed by atoms with Crippen LogP contribution >= 0.6 is 0 Å². The molecule has 0 spiro atoms. The van der Waals surface area contributed by atoms with Crippen molar-refractivity contribution < 1.29 is 4.79 Å². The zero-order valence-corrected chi connectivity index (χ0v) is 18.2. The van der Waals surface area contributed by atoms with Crippen LogP contribution in [0.3, 0.4) is 0 Å². The van der Waals surface area contributed by atoms with Gasteiger partial charge in [0.2, 0.25) is 5.82 Å². The van der Waals surface area contributed by atoms with Gasteiger partial charge in [-0.15, -0.1) is 5.10 Å². The van der Waals surface area contributed by atoms with Gasteiger partial charge in [0.1, 0.15) is 0 Å². The van der Waals surface area contributed by atoms with E-state index in [2.05, 4.69) is 15.4 Å². The number of aromatic nitrogens is 4. The predicted octanol–water partition coefficient (Wildman–Crippen LogP) is 4.40. The van der Waals surface area contributed by atoms with E-state index >= 15 is 0 Å². The van der Waals surface area contributed by atoms with E-state index in [1.165, 1.54) is 6.07 Å². The molecule has 34 heavy (non-hydrogen) atoms. The highest BCUT2D eigenvalue weighted by Gasteiger charge is 2.19. The molecule has 0 saturated heterocycles. The molecule has 1 N–H and O–H groups in total. The molecule has 0 aliphatic heterocycles. The summed E-state index contributed by atoms with van der Waals surface area (Å²) in [5.41, 5.74) is 3.18. The van der Waals surface area contributed by atoms with Gasteiger partial charge < -0.3 is 9.88 Å². The molecule has 5 rings (SSSR count). The minimum absolute atomic E-state index is 0.0609. The van der Waals surface area contributed by atoms with Crippen molar-refractivity contribution in [2.24, 2.45) is 0 Å². The van der Waals surface area contributed by atoms with Gasteiger partial charge in [0, 0.05) is 23.5 Å². The summed E-state index contributed by atoms with van der Waals surface area (Å²) in [6.07, 6.45) is 1.75. The maximum Gasteiger partial charge on any atom is 0.295 e. The van der Waals surface area contributed by atoms with Gasteiger partial charge in [-0.2, -0.15) is 0 Å². The zero-order chi connectivity index (χ0) is 23.3. The third kappa shape index (κ3) is 4.54. The number of rotatable bonds is 6. The van der Waals surface area contributed by atoms with Crippen molar-refractivity contribution in [1.29, 1.82) is 0 Å². The van der Waals surface area contributed by atoms with Crippen LogP contribution in [0.15, 0.2) is 114 Å². The first-order valence-corrected chi connectivity index (χ1v) is 10.8. The number of carbonyl (C=O) groups excluding carboxylic acids is 1. The molecule has 0 bridgehead atoms. The van der Waals surface area contributed by atoms with Crippen LogP contribution in [0, 0.1) is 0 Å². The molecule has 0 atom stereocenters. The number of amides is 1. The Labute approximate surface area is 196 Å². The molecule has 0 fully saturated rings. The fourth-order valence-electron chi connectivity index (χ4n) is 3.60. The first-order chi connectivity index (χ1) is 16.7. The number of hydrogen-bond acceptors (Lipinski definition) is 4. The van der Waals surface area contributed by atoms with E-state index in [4.69, 9.17) is 0 Å². The second-order valence-corrected chi connectivity index (χ2v) is 7.69. The SMILES string of the molecule is O=C(Nc1ccc(Cn2ccccc2=O)cc1)c1nc(-c2ccccc2)n(-c2ccccc2)n1. The summed E-state index contributed by atoms with van der Waals surface area (Å²) in [4.78, 5) is 29.4. The minimum Gasteiger partial charge on any atom is -0.319 e. The van der Waals surface area contributed by atoms with Crippen LogP contribution in [0.5, 0.6) is 0 Å². The molecule has 5 aromatic rings. The summed E-state index contributed by atoms with van der Waals surface area (Å²) in [7, 11) is 0. The van der Waals surface area contributed by atoms with Crippen LogP contribution < -0.4 is 10.9 Å². The summed E-state index contributed by atoms with van der Waals surface area (Å²) >= 11 is 0. The predicted molar refractivity (Wildman–Crippen MR) is 131 cm³/mol. The Balaban J connectivity index is 1.38. The minimum atomic E-state index is -0.404. The quantitative estimate of drug-likeness (QED) is 0.418. The fourth-order valence-corrected chi connectivity index (χ4v) is 3.60. The Hall–Kier alpha value is -4.78. The van der Waals surface area contributed by atoms with Crippen molar-refractivity contribution >= 4 is 11.6 Å². The van der Waals surface area contributed by atoms with Crippen molar-refractivity contribution in [3.05, 3.63) is 131 Å². The Bertz CT molecular complexity index is 1420. The summed E-state index contributed by atoms with van der Waals surface area (Å²) in [6, 6.07) is 31.6. The molecule has 3 aromatic carbocycles. The van der Waals surface area contributed by atoms with Crippen molar-refractivity contribution in [1.82, 2.24) is 19.3 Å². The van der Waals surface area contributed by atoms with Gasteiger partial charge in [-0.05, 0) is 35.9 Å². The van der Waals surface area contributed by atoms with Crippen LogP contribution in [0.25, 0.3) is 17.1 Å². The van der Waals surface area contributed by atoms with Crippen LogP contribution in [0.1, 0.15) is 16.2 Å². The van der Waals surface area contributed by atoms with E-state index in [-0.39, 0.29) is 11.4 Å². The van der Waals surface area contributed by atoms with Gasteiger partial charge in [-0.25, -0.2) is 9.67 Å². The molecular formula is C27H21N5O2. The average Bonchev–Trinajstić information content (AvgIpc) is 3.34. The maximum atomic E-state index is 13.0. The standard InChI is InChI=1S/C27H21N5O2/c33-24-13-7-8-18-31(24)19-20-14-16-22(17-15-20)28-27(34)25-29-26(21-9-3-1-4-10-21)32(30-25)23-11-5-2-6-12-23/h1-18H,19H2,(H,28,34). The molecule has 0 aliphatic carbocycles. The number of para-hydroxylation sites is 1. The Kier molecular flexibility index (Phi) is 5.82. The lowest BCUT2D eigenvalue weighted by molar-refractivity contribution is 0.101. The maximum absolute atomic E-state index is 13.0. The zero-order valence-electron chi connectivity index (χ0n) is 18.2. The summed E-state index contributed by atoms with van der Waals surface area (Å²) in [5, 5.41) is 7.35. The Morgan fingerprint density at radius 2 is 1.47 bits per heavy atom. The van der Waals surface area contributed by atoms with Gasteiger partial charge in [-0.3, -0.25) is 9.59 Å². The molecule has 1 amide bonds. The van der Waals surface area contributed by atoms with Crippen LogP contribution in [0.4, 0.5) is 5.69 Å². The second-order valence-electron chi connectivity index (χ2n) is 7.69. The number of nitrogens with one attached hydrogen (secondary N) is 1. The highest BCUT2D eigenvalue weighted by molar-refractivity contribution is 6.01. The molecule has 2 heterocycles. The number of nitrogens with zero attached hydrogens (tertiary/aromatic N) is 4. The lowest BCUT2D eigenvalue weighted by Crippen LogP contribution is -2.18. The highest BCUT2D eigenvalue weighted by Crippen LogP contribution is 2.21. The summed E-state index contributed by atoms with van der Waals surface area (Å²) in [5.74, 6) is 0.252. The van der Waals surface area contributed by atoms with E-state index in [9.17, 15) is 9.59 Å². The number of pyridine rings is 1. The molecule has 2 aromatic heterocycles. The summed E-state index contributed by atoms with van der Waals surface area (Å²) < 4.78 is 3.30. The first-order valence-electron chi connectivity index (χ1n) is 10.8. The van der Waals surface area contributed by atoms with E-state index in [0.29, 0.717) is 18.1 Å². The van der Waals surface area contributed by atoms with Gasteiger partial charge in [0.25, 0.3) is 11.5 Å². The van der Waals surface area contributed by atoms with Crippen LogP contribution in [-0.4, -0.2) is 25.2 Å². The van der Waals surface area contributed by atoms with Gasteiger partial charge in [-0.1, -0.05) is 66.7 Å². The monoisotopic (exact) mass is 447 g/mol. The van der Waals surface area contributed by atoms with Crippen LogP contribution in [-0.2, 0) is 6.54 Å². The molecular weight excluding hydrogens is 426 g/mol. The molecule has 7 heteroatoms. The van der Waals surface area contributed by atoms with Gasteiger partial charge in [0.15, 0.2) is 5.82 Å². The third-order valence-electron chi connectivity index (χ3n) is 5.31. The first kappa shape index (κ1) is 21.1. The van der Waals surface area contributed by atoms with Crippen molar-refractivity contribution in [3.63, 3.8) is 0 Å². The summed E-state index contributed by atoms with van der Waals surface area (Å²) in [6.45, 7) is 0.456. The average molecular weight is 447 g/mol. The van der Waals surface area contributed by atoms with E-state index in [0.717, 1.165) is 16.8 Å². The van der Waals surface area contributed by atoms with Crippen LogP contribution in [0.2, 0.25) is 0 Å². The largest absolute Gasteiger partial charge is 0.319 e. The molecule has 0 radical (unpaired) electrons. The van der Waals surface area contributed by atoms with Gasteiger partial charge >= 0.3 is 0 Å².